The van der Waals surface area contributed by atoms with E-state index in [-0.39, 0.29) is 18.4 Å². The lowest BCUT2D eigenvalue weighted by Gasteiger charge is -2.14. The van der Waals surface area contributed by atoms with Gasteiger partial charge in [-0.2, -0.15) is 10.2 Å². The summed E-state index contributed by atoms with van der Waals surface area (Å²) in [6, 6.07) is 12.0. The molecule has 0 aliphatic carbocycles. The monoisotopic (exact) mass is 351 g/mol. The molecule has 0 saturated carbocycles. The predicted molar refractivity (Wildman–Crippen MR) is 103 cm³/mol. The van der Waals surface area contributed by atoms with Crippen LogP contribution in [0.1, 0.15) is 43.3 Å². The highest BCUT2D eigenvalue weighted by atomic mass is 16.1. The normalized spacial score (nSPS) is 12.2. The Morgan fingerprint density at radius 3 is 2.62 bits per heavy atom. The molecule has 1 atom stereocenters. The van der Waals surface area contributed by atoms with Gasteiger partial charge in [0.2, 0.25) is 5.91 Å². The van der Waals surface area contributed by atoms with E-state index in [1.54, 1.807) is 6.20 Å². The number of carbonyl (C=O) groups is 1. The quantitative estimate of drug-likeness (QED) is 0.734. The van der Waals surface area contributed by atoms with E-state index in [1.165, 1.54) is 0 Å². The number of amides is 1. The van der Waals surface area contributed by atoms with Crippen molar-refractivity contribution in [3.8, 4) is 5.69 Å². The molecule has 6 heteroatoms. The van der Waals surface area contributed by atoms with Crippen LogP contribution in [0.15, 0.2) is 42.6 Å². The van der Waals surface area contributed by atoms with Crippen molar-refractivity contribution in [1.82, 2.24) is 19.6 Å². The molecule has 0 aliphatic heterocycles. The van der Waals surface area contributed by atoms with Crippen molar-refractivity contribution in [1.29, 1.82) is 0 Å². The molecule has 0 fully saturated rings. The fourth-order valence-electron chi connectivity index (χ4n) is 3.04. The number of nitrogens with zero attached hydrogens (tertiary/aromatic N) is 4. The van der Waals surface area contributed by atoms with E-state index in [1.807, 2.05) is 59.6 Å². The summed E-state index contributed by atoms with van der Waals surface area (Å²) in [6.07, 6.45) is 2.95. The molecule has 0 spiro atoms. The highest BCUT2D eigenvalue weighted by Gasteiger charge is 2.17. The average molecular weight is 351 g/mol. The zero-order valence-corrected chi connectivity index (χ0v) is 15.7. The van der Waals surface area contributed by atoms with Gasteiger partial charge in [0.15, 0.2) is 0 Å². The molecule has 2 heterocycles. The van der Waals surface area contributed by atoms with Gasteiger partial charge in [-0.15, -0.1) is 0 Å². The summed E-state index contributed by atoms with van der Waals surface area (Å²) in [5.74, 6) is 0.670. The van der Waals surface area contributed by atoms with Crippen LogP contribution in [-0.4, -0.2) is 25.5 Å². The van der Waals surface area contributed by atoms with E-state index in [0.717, 1.165) is 34.9 Å². The van der Waals surface area contributed by atoms with Crippen LogP contribution in [0.3, 0.4) is 0 Å². The molecular formula is C20H25N5O. The first-order valence-electron chi connectivity index (χ1n) is 8.95. The van der Waals surface area contributed by atoms with Gasteiger partial charge in [0.25, 0.3) is 0 Å². The average Bonchev–Trinajstić information content (AvgIpc) is 3.21. The lowest BCUT2D eigenvalue weighted by Crippen LogP contribution is -2.19. The maximum absolute atomic E-state index is 12.6. The number of aryl methyl sites for hydroxylation is 1. The van der Waals surface area contributed by atoms with Gasteiger partial charge in [-0.1, -0.05) is 25.1 Å². The SMILES string of the molecule is CCC(C)n1nccc1NC(=O)Cc1c(C)nn(-c2ccccc2)c1C. The highest BCUT2D eigenvalue weighted by molar-refractivity contribution is 5.91. The summed E-state index contributed by atoms with van der Waals surface area (Å²) in [5.41, 5.74) is 3.81. The third-order valence-electron chi connectivity index (χ3n) is 4.73. The first kappa shape index (κ1) is 17.9. The Balaban J connectivity index is 1.79. The minimum absolute atomic E-state index is 0.0612. The van der Waals surface area contributed by atoms with Gasteiger partial charge in [0, 0.05) is 17.3 Å². The van der Waals surface area contributed by atoms with Gasteiger partial charge in [-0.05, 0) is 39.3 Å². The zero-order chi connectivity index (χ0) is 18.7. The zero-order valence-electron chi connectivity index (χ0n) is 15.7. The van der Waals surface area contributed by atoms with Crippen molar-refractivity contribution < 1.29 is 4.79 Å². The van der Waals surface area contributed by atoms with Crippen molar-refractivity contribution in [3.63, 3.8) is 0 Å². The lowest BCUT2D eigenvalue weighted by molar-refractivity contribution is -0.115. The van der Waals surface area contributed by atoms with Gasteiger partial charge in [-0.25, -0.2) is 9.36 Å². The molecule has 2 aromatic heterocycles. The predicted octanol–water partition coefficient (Wildman–Crippen LogP) is 3.84. The van der Waals surface area contributed by atoms with Crippen LogP contribution in [0, 0.1) is 13.8 Å². The molecule has 0 aliphatic rings. The van der Waals surface area contributed by atoms with Crippen LogP contribution < -0.4 is 5.32 Å². The van der Waals surface area contributed by atoms with E-state index in [9.17, 15) is 4.79 Å². The Morgan fingerprint density at radius 1 is 1.19 bits per heavy atom. The fourth-order valence-corrected chi connectivity index (χ4v) is 3.04. The number of hydrogen-bond donors (Lipinski definition) is 1. The van der Waals surface area contributed by atoms with Gasteiger partial charge in [0.1, 0.15) is 5.82 Å². The topological polar surface area (TPSA) is 64.7 Å². The standard InChI is InChI=1S/C20H25N5O/c1-5-14(2)24-19(11-12-21-24)22-20(26)13-18-15(3)23-25(16(18)4)17-9-7-6-8-10-17/h6-12,14H,5,13H2,1-4H3,(H,22,26). The third-order valence-corrected chi connectivity index (χ3v) is 4.73. The lowest BCUT2D eigenvalue weighted by atomic mass is 10.1. The van der Waals surface area contributed by atoms with E-state index in [4.69, 9.17) is 0 Å². The second kappa shape index (κ2) is 7.56. The molecule has 3 aromatic rings. The number of aromatic nitrogens is 4. The van der Waals surface area contributed by atoms with Crippen molar-refractivity contribution >= 4 is 11.7 Å². The van der Waals surface area contributed by atoms with Crippen LogP contribution in [0.2, 0.25) is 0 Å². The van der Waals surface area contributed by atoms with Crippen LogP contribution in [0.5, 0.6) is 0 Å². The number of carbonyl (C=O) groups excluding carboxylic acids is 1. The smallest absolute Gasteiger partial charge is 0.230 e. The number of benzene rings is 1. The Labute approximate surface area is 153 Å². The van der Waals surface area contributed by atoms with E-state index >= 15 is 0 Å². The maximum Gasteiger partial charge on any atom is 0.230 e. The van der Waals surface area contributed by atoms with Gasteiger partial charge in [-0.3, -0.25) is 4.79 Å². The molecule has 136 valence electrons. The largest absolute Gasteiger partial charge is 0.311 e. The molecule has 1 N–H and O–H groups in total. The Morgan fingerprint density at radius 2 is 1.92 bits per heavy atom. The minimum atomic E-state index is -0.0612. The number of nitrogens with one attached hydrogen (secondary N) is 1. The number of para-hydroxylation sites is 1. The summed E-state index contributed by atoms with van der Waals surface area (Å²) >= 11 is 0. The van der Waals surface area contributed by atoms with Gasteiger partial charge >= 0.3 is 0 Å². The maximum atomic E-state index is 12.6. The van der Waals surface area contributed by atoms with Crippen molar-refractivity contribution in [2.75, 3.05) is 5.32 Å². The van der Waals surface area contributed by atoms with E-state index in [0.29, 0.717) is 0 Å². The number of anilines is 1. The third kappa shape index (κ3) is 3.54. The highest BCUT2D eigenvalue weighted by Crippen LogP contribution is 2.20. The molecule has 1 amide bonds. The molecule has 0 radical (unpaired) electrons. The Hall–Kier alpha value is -2.89. The second-order valence-corrected chi connectivity index (χ2v) is 6.54. The summed E-state index contributed by atoms with van der Waals surface area (Å²) in [6.45, 7) is 8.13. The molecular weight excluding hydrogens is 326 g/mol. The summed E-state index contributed by atoms with van der Waals surface area (Å²) < 4.78 is 3.74. The van der Waals surface area contributed by atoms with Crippen molar-refractivity contribution in [2.24, 2.45) is 0 Å². The van der Waals surface area contributed by atoms with Crippen molar-refractivity contribution in [2.45, 2.75) is 46.6 Å². The number of rotatable bonds is 6. The number of hydrogen-bond acceptors (Lipinski definition) is 3. The Bertz CT molecular complexity index is 894. The molecule has 0 bridgehead atoms. The van der Waals surface area contributed by atoms with E-state index < -0.39 is 0 Å². The molecule has 6 nitrogen and oxygen atoms in total. The molecule has 1 unspecified atom stereocenters. The first-order valence-corrected chi connectivity index (χ1v) is 8.95. The fraction of sp³-hybridized carbons (Fsp3) is 0.350. The molecule has 26 heavy (non-hydrogen) atoms. The van der Waals surface area contributed by atoms with Crippen LogP contribution in [0.4, 0.5) is 5.82 Å². The van der Waals surface area contributed by atoms with Crippen LogP contribution in [-0.2, 0) is 11.2 Å². The van der Waals surface area contributed by atoms with Crippen molar-refractivity contribution in [3.05, 3.63) is 59.5 Å². The van der Waals surface area contributed by atoms with Gasteiger partial charge in [0.05, 0.1) is 30.0 Å². The van der Waals surface area contributed by atoms with Gasteiger partial charge < -0.3 is 5.32 Å². The summed E-state index contributed by atoms with van der Waals surface area (Å²) in [7, 11) is 0. The van der Waals surface area contributed by atoms with E-state index in [2.05, 4.69) is 29.4 Å². The Kier molecular flexibility index (Phi) is 5.21. The molecule has 1 aromatic carbocycles. The minimum Gasteiger partial charge on any atom is -0.311 e. The van der Waals surface area contributed by atoms with Crippen LogP contribution >= 0.6 is 0 Å². The molecule has 3 rings (SSSR count). The first-order chi connectivity index (χ1) is 12.5. The van der Waals surface area contributed by atoms with Crippen LogP contribution in [0.25, 0.3) is 5.69 Å². The summed E-state index contributed by atoms with van der Waals surface area (Å²) in [4.78, 5) is 12.6. The molecule has 0 saturated heterocycles. The summed E-state index contributed by atoms with van der Waals surface area (Å²) in [5, 5.41) is 11.9. The second-order valence-electron chi connectivity index (χ2n) is 6.54.